The minimum atomic E-state index is -1.51. The number of benzene rings is 1. The number of carboxylic acid groups (broad SMARTS) is 1. The number of amides is 3. The number of carbonyl (C=O) groups is 3. The minimum Gasteiger partial charge on any atom is -0.480 e. The molecule has 98 valence electrons. The van der Waals surface area contributed by atoms with E-state index in [0.29, 0.717) is 4.90 Å². The molecule has 0 radical (unpaired) electrons. The van der Waals surface area contributed by atoms with Gasteiger partial charge in [-0.25, -0.2) is 14.2 Å². The van der Waals surface area contributed by atoms with E-state index in [9.17, 15) is 18.8 Å². The van der Waals surface area contributed by atoms with Crippen LogP contribution in [0.4, 0.5) is 9.18 Å². The molecule has 1 aliphatic heterocycles. The summed E-state index contributed by atoms with van der Waals surface area (Å²) in [7, 11) is 0. The average molecular weight is 264 g/mol. The molecule has 1 unspecified atom stereocenters. The van der Waals surface area contributed by atoms with Crippen LogP contribution in [0.15, 0.2) is 29.3 Å². The Morgan fingerprint density at radius 3 is 2.68 bits per heavy atom. The van der Waals surface area contributed by atoms with Crippen molar-refractivity contribution in [1.29, 1.82) is 0 Å². The van der Waals surface area contributed by atoms with Crippen LogP contribution in [0.3, 0.4) is 0 Å². The summed E-state index contributed by atoms with van der Waals surface area (Å²) in [6, 6.07) is 4.72. The second-order valence-electron chi connectivity index (χ2n) is 3.89. The first-order chi connectivity index (χ1) is 9.00. The maximum absolute atomic E-state index is 13.5. The molecule has 1 aromatic carbocycles. The van der Waals surface area contributed by atoms with Gasteiger partial charge >= 0.3 is 12.0 Å². The van der Waals surface area contributed by atoms with Crippen molar-refractivity contribution in [3.05, 3.63) is 35.6 Å². The summed E-state index contributed by atoms with van der Waals surface area (Å²) in [5, 5.41) is 8.81. The first-order valence-electron chi connectivity index (χ1n) is 5.36. The van der Waals surface area contributed by atoms with Crippen LogP contribution in [-0.4, -0.2) is 34.1 Å². The third-order valence-corrected chi connectivity index (χ3v) is 2.65. The number of carboxylic acids is 1. The summed E-state index contributed by atoms with van der Waals surface area (Å²) in [5.74, 6) is -4.41. The highest BCUT2D eigenvalue weighted by molar-refractivity contribution is 6.18. The Balaban J connectivity index is 2.27. The normalized spacial score (nSPS) is 18.8. The molecule has 1 heterocycles. The number of urea groups is 1. The number of carbonyl (C=O) groups excluding carboxylic acids is 2. The summed E-state index contributed by atoms with van der Waals surface area (Å²) in [4.78, 5) is 38.0. The van der Waals surface area contributed by atoms with Crippen molar-refractivity contribution in [1.82, 2.24) is 4.90 Å². The number of rotatable bonds is 3. The Morgan fingerprint density at radius 2 is 2.05 bits per heavy atom. The van der Waals surface area contributed by atoms with E-state index in [0.717, 1.165) is 6.21 Å². The van der Waals surface area contributed by atoms with E-state index < -0.39 is 29.6 Å². The molecule has 1 N–H and O–H groups in total. The third kappa shape index (κ3) is 2.49. The Labute approximate surface area is 107 Å². The summed E-state index contributed by atoms with van der Waals surface area (Å²) >= 11 is 0. The van der Waals surface area contributed by atoms with Gasteiger partial charge in [0, 0.05) is 11.8 Å². The fourth-order valence-corrected chi connectivity index (χ4v) is 1.65. The topological polar surface area (TPSA) is 87.0 Å². The largest absolute Gasteiger partial charge is 0.480 e. The van der Waals surface area contributed by atoms with Crippen LogP contribution in [0.2, 0.25) is 0 Å². The molecular weight excluding hydrogens is 255 g/mol. The first kappa shape index (κ1) is 12.9. The summed E-state index contributed by atoms with van der Waals surface area (Å²) in [6.07, 6.45) is 0.783. The molecule has 0 spiro atoms. The monoisotopic (exact) mass is 264 g/mol. The van der Waals surface area contributed by atoms with E-state index in [-0.39, 0.29) is 12.1 Å². The van der Waals surface area contributed by atoms with Crippen molar-refractivity contribution in [3.8, 4) is 0 Å². The van der Waals surface area contributed by atoms with Crippen molar-refractivity contribution in [2.75, 3.05) is 0 Å². The van der Waals surface area contributed by atoms with Crippen LogP contribution in [0.25, 0.3) is 0 Å². The van der Waals surface area contributed by atoms with E-state index in [2.05, 4.69) is 4.99 Å². The summed E-state index contributed by atoms with van der Waals surface area (Å²) in [5.41, 5.74) is 0.116. The van der Waals surface area contributed by atoms with Crippen molar-refractivity contribution in [3.63, 3.8) is 0 Å². The highest BCUT2D eigenvalue weighted by atomic mass is 19.1. The van der Waals surface area contributed by atoms with Crippen molar-refractivity contribution in [2.45, 2.75) is 6.54 Å². The maximum atomic E-state index is 13.5. The van der Waals surface area contributed by atoms with Gasteiger partial charge in [0.25, 0.3) is 5.91 Å². The lowest BCUT2D eigenvalue weighted by molar-refractivity contribution is -0.146. The quantitative estimate of drug-likeness (QED) is 0.827. The molecule has 6 nitrogen and oxygen atoms in total. The second kappa shape index (κ2) is 4.97. The van der Waals surface area contributed by atoms with Crippen molar-refractivity contribution in [2.24, 2.45) is 10.9 Å². The molecule has 0 aliphatic carbocycles. The molecule has 3 amide bonds. The van der Waals surface area contributed by atoms with E-state index in [1.165, 1.54) is 18.2 Å². The molecule has 1 atom stereocenters. The van der Waals surface area contributed by atoms with Crippen LogP contribution in [-0.2, 0) is 16.1 Å². The molecule has 0 saturated heterocycles. The minimum absolute atomic E-state index is 0.116. The molecular formula is C12H9FN2O4. The van der Waals surface area contributed by atoms with E-state index >= 15 is 0 Å². The fourth-order valence-electron chi connectivity index (χ4n) is 1.65. The van der Waals surface area contributed by atoms with Gasteiger partial charge in [0.2, 0.25) is 0 Å². The van der Waals surface area contributed by atoms with E-state index in [1.54, 1.807) is 6.07 Å². The predicted molar refractivity (Wildman–Crippen MR) is 62.0 cm³/mol. The van der Waals surface area contributed by atoms with Gasteiger partial charge < -0.3 is 5.11 Å². The van der Waals surface area contributed by atoms with Crippen LogP contribution in [0.5, 0.6) is 0 Å². The van der Waals surface area contributed by atoms with E-state index in [4.69, 9.17) is 5.11 Å². The Kier molecular flexibility index (Phi) is 3.37. The van der Waals surface area contributed by atoms with Crippen molar-refractivity contribution >= 4 is 24.1 Å². The number of halogens is 1. The zero-order valence-electron chi connectivity index (χ0n) is 9.62. The lowest BCUT2D eigenvalue weighted by atomic mass is 10.1. The van der Waals surface area contributed by atoms with Gasteiger partial charge in [0.05, 0.1) is 6.54 Å². The van der Waals surface area contributed by atoms with Gasteiger partial charge in [-0.3, -0.25) is 14.5 Å². The lowest BCUT2D eigenvalue weighted by Gasteiger charge is -2.24. The smallest absolute Gasteiger partial charge is 0.350 e. The highest BCUT2D eigenvalue weighted by Gasteiger charge is 2.36. The van der Waals surface area contributed by atoms with Crippen LogP contribution in [0.1, 0.15) is 5.56 Å². The van der Waals surface area contributed by atoms with Gasteiger partial charge in [0.1, 0.15) is 5.82 Å². The number of imide groups is 1. The van der Waals surface area contributed by atoms with Crippen LogP contribution >= 0.6 is 0 Å². The summed E-state index contributed by atoms with van der Waals surface area (Å²) < 4.78 is 13.5. The molecule has 19 heavy (non-hydrogen) atoms. The molecule has 1 aliphatic rings. The van der Waals surface area contributed by atoms with Crippen molar-refractivity contribution < 1.29 is 23.9 Å². The summed E-state index contributed by atoms with van der Waals surface area (Å²) in [6.45, 7) is -0.342. The standard InChI is InChI=1S/C12H9FN2O4/c13-9-4-2-1-3-7(9)6-15-10(16)8(11(17)18)5-14-12(15)19/h1-5,8H,6H2,(H,17,18). The Morgan fingerprint density at radius 1 is 1.37 bits per heavy atom. The molecule has 2 rings (SSSR count). The average Bonchev–Trinajstić information content (AvgIpc) is 2.36. The van der Waals surface area contributed by atoms with Gasteiger partial charge in [-0.1, -0.05) is 18.2 Å². The molecule has 7 heteroatoms. The number of nitrogens with zero attached hydrogens (tertiary/aromatic N) is 2. The number of aliphatic carboxylic acids is 1. The molecule has 0 saturated carbocycles. The van der Waals surface area contributed by atoms with Gasteiger partial charge in [-0.05, 0) is 6.07 Å². The maximum Gasteiger partial charge on any atom is 0.350 e. The lowest BCUT2D eigenvalue weighted by Crippen LogP contribution is -2.45. The SMILES string of the molecule is O=C(O)C1C=NC(=O)N(Cc2ccccc2F)C1=O. The highest BCUT2D eigenvalue weighted by Crippen LogP contribution is 2.16. The van der Waals surface area contributed by atoms with Crippen LogP contribution < -0.4 is 0 Å². The Hall–Kier alpha value is -2.57. The number of aliphatic imine (C=N–C) groups is 1. The van der Waals surface area contributed by atoms with Crippen LogP contribution in [0, 0.1) is 11.7 Å². The first-order valence-corrected chi connectivity index (χ1v) is 5.36. The predicted octanol–water partition coefficient (Wildman–Crippen LogP) is 1.06. The zero-order chi connectivity index (χ0) is 14.0. The van der Waals surface area contributed by atoms with E-state index in [1.807, 2.05) is 0 Å². The zero-order valence-corrected chi connectivity index (χ0v) is 9.62. The number of hydrogen-bond donors (Lipinski definition) is 1. The van der Waals surface area contributed by atoms with Gasteiger partial charge in [-0.2, -0.15) is 0 Å². The van der Waals surface area contributed by atoms with Gasteiger partial charge in [0.15, 0.2) is 5.92 Å². The molecule has 0 bridgehead atoms. The molecule has 0 fully saturated rings. The second-order valence-corrected chi connectivity index (χ2v) is 3.89. The van der Waals surface area contributed by atoms with Gasteiger partial charge in [-0.15, -0.1) is 0 Å². The number of hydrogen-bond acceptors (Lipinski definition) is 3. The molecule has 1 aromatic rings. The molecule has 0 aromatic heterocycles. The third-order valence-electron chi connectivity index (χ3n) is 2.65. The fraction of sp³-hybridized carbons (Fsp3) is 0.167. The Bertz CT molecular complexity index is 585.